The molecule has 202 valence electrons. The fourth-order valence-corrected chi connectivity index (χ4v) is 7.32. The van der Waals surface area contributed by atoms with Gasteiger partial charge in [-0.2, -0.15) is 0 Å². The number of rotatable bonds is 3. The van der Waals surface area contributed by atoms with Gasteiger partial charge in [-0.3, -0.25) is 24.2 Å². The number of nitrogens with zero attached hydrogens (tertiary/aromatic N) is 2. The van der Waals surface area contributed by atoms with Gasteiger partial charge in [-0.05, 0) is 39.8 Å². The lowest BCUT2D eigenvalue weighted by Crippen LogP contribution is -2.65. The number of benzene rings is 1. The number of aliphatic hydroxyl groups is 3. The fourth-order valence-electron chi connectivity index (χ4n) is 7.32. The zero-order valence-corrected chi connectivity index (χ0v) is 21.3. The van der Waals surface area contributed by atoms with E-state index in [0.717, 1.165) is 12.8 Å². The molecule has 1 aliphatic heterocycles. The number of nitrogens with two attached hydrogens (primary N) is 1. The summed E-state index contributed by atoms with van der Waals surface area (Å²) in [5, 5.41) is 45.3. The average Bonchev–Trinajstić information content (AvgIpc) is 3.57. The number of carbonyl (C=O) groups excluding carboxylic acids is 3. The molecule has 4 aliphatic carbocycles. The van der Waals surface area contributed by atoms with Crippen molar-refractivity contribution < 1.29 is 39.2 Å². The van der Waals surface area contributed by atoms with Crippen LogP contribution in [0.2, 0.25) is 0 Å². The number of allylic oxidation sites excluding steroid dienone is 1. The third-order valence-corrected chi connectivity index (χ3v) is 9.23. The molecule has 10 nitrogen and oxygen atoms in total. The van der Waals surface area contributed by atoms with Crippen molar-refractivity contribution in [2.45, 2.75) is 63.4 Å². The summed E-state index contributed by atoms with van der Waals surface area (Å²) in [5.41, 5.74) is 0.665. The van der Waals surface area contributed by atoms with Crippen LogP contribution in [0.3, 0.4) is 0 Å². The molecular formula is C27H30FN3O7. The molecule has 1 aromatic carbocycles. The lowest BCUT2D eigenvalue weighted by molar-refractivity contribution is -0.150. The number of fused-ring (bicyclic) bond motifs is 4. The largest absolute Gasteiger partial charge is 0.510 e. The Morgan fingerprint density at radius 3 is 2.32 bits per heavy atom. The first-order valence-electron chi connectivity index (χ1n) is 12.7. The minimum absolute atomic E-state index is 0.0366. The van der Waals surface area contributed by atoms with Crippen molar-refractivity contribution in [1.29, 1.82) is 0 Å². The Balaban J connectivity index is 1.56. The predicted octanol–water partition coefficient (Wildman–Crippen LogP) is 1.13. The van der Waals surface area contributed by atoms with Gasteiger partial charge in [0.2, 0.25) is 5.78 Å². The number of halogens is 1. The summed E-state index contributed by atoms with van der Waals surface area (Å²) < 4.78 is 16.0. The normalized spacial score (nSPS) is 32.9. The molecule has 6 N–H and O–H groups in total. The van der Waals surface area contributed by atoms with Crippen molar-refractivity contribution >= 4 is 17.5 Å². The Bertz CT molecular complexity index is 1430. The number of phenols is 1. The first kappa shape index (κ1) is 25.0. The summed E-state index contributed by atoms with van der Waals surface area (Å²) in [6, 6.07) is -0.797. The van der Waals surface area contributed by atoms with Crippen LogP contribution in [0, 0.1) is 17.2 Å². The highest BCUT2D eigenvalue weighted by Crippen LogP contribution is 2.58. The van der Waals surface area contributed by atoms with Gasteiger partial charge in [-0.15, -0.1) is 0 Å². The number of ketones is 2. The molecular weight excluding hydrogens is 497 g/mol. The van der Waals surface area contributed by atoms with Crippen LogP contribution < -0.4 is 5.73 Å². The number of phenolic OH excluding ortho intramolecular Hbond substituents is 1. The molecule has 0 saturated heterocycles. The Morgan fingerprint density at radius 1 is 1.11 bits per heavy atom. The number of aliphatic hydroxyl groups excluding tert-OH is 2. The van der Waals surface area contributed by atoms with Crippen LogP contribution in [0.4, 0.5) is 4.39 Å². The van der Waals surface area contributed by atoms with E-state index in [1.807, 2.05) is 0 Å². The van der Waals surface area contributed by atoms with E-state index >= 15 is 4.39 Å². The zero-order valence-electron chi connectivity index (χ0n) is 21.3. The summed E-state index contributed by atoms with van der Waals surface area (Å²) in [4.78, 5) is 43.0. The van der Waals surface area contributed by atoms with Crippen LogP contribution >= 0.6 is 0 Å². The van der Waals surface area contributed by atoms with E-state index in [0.29, 0.717) is 30.3 Å². The quantitative estimate of drug-likeness (QED) is 0.362. The topological polar surface area (TPSA) is 165 Å². The standard InChI is InChI=1S/C27H30FN3O7/c1-26-6-11-15(20(32)13-9-31(10-4-5-10)8-12(13)18(11)28)21(33)17(26)24(36)27(38)14(7-26)19(30(2)3)22(34)16(23(27)35)25(29)37/h10,14,19,32,34,36,38H,4-9H2,1-3H3,(H2,29,37)/t14-,19-,26-,27+/m0/s1. The van der Waals surface area contributed by atoms with Gasteiger partial charge in [0.25, 0.3) is 5.91 Å². The second kappa shape index (κ2) is 7.64. The van der Waals surface area contributed by atoms with Crippen molar-refractivity contribution in [3.8, 4) is 5.75 Å². The first-order valence-corrected chi connectivity index (χ1v) is 12.7. The number of Topliss-reactive ketones (excluding diaryl/α,β-unsaturated/α-hetero) is 2. The maximum Gasteiger partial charge on any atom is 0.255 e. The molecule has 1 fully saturated rings. The molecule has 11 heteroatoms. The molecule has 0 unspecified atom stereocenters. The van der Waals surface area contributed by atoms with Crippen LogP contribution in [-0.2, 0) is 29.1 Å². The third kappa shape index (κ3) is 2.95. The molecule has 4 atom stereocenters. The van der Waals surface area contributed by atoms with Crippen LogP contribution in [0.5, 0.6) is 5.75 Å². The Hall–Kier alpha value is -3.28. The summed E-state index contributed by atoms with van der Waals surface area (Å²) in [7, 11) is 3.12. The van der Waals surface area contributed by atoms with Crippen molar-refractivity contribution in [2.24, 2.45) is 17.1 Å². The average molecular weight is 528 g/mol. The van der Waals surface area contributed by atoms with Crippen molar-refractivity contribution in [3.63, 3.8) is 0 Å². The second-order valence-electron chi connectivity index (χ2n) is 11.8. The number of hydrogen-bond acceptors (Lipinski definition) is 9. The number of amides is 1. The molecule has 6 rings (SSSR count). The highest BCUT2D eigenvalue weighted by Gasteiger charge is 2.65. The van der Waals surface area contributed by atoms with E-state index in [2.05, 4.69) is 4.90 Å². The third-order valence-electron chi connectivity index (χ3n) is 9.23. The van der Waals surface area contributed by atoms with Crippen LogP contribution in [0.1, 0.15) is 53.2 Å². The summed E-state index contributed by atoms with van der Waals surface area (Å²) in [6.07, 6.45) is 1.79. The number of primary amides is 1. The summed E-state index contributed by atoms with van der Waals surface area (Å²) in [5.74, 6) is -7.16. The van der Waals surface area contributed by atoms with Crippen molar-refractivity contribution in [3.05, 3.63) is 50.7 Å². The minimum atomic E-state index is -2.73. The van der Waals surface area contributed by atoms with Crippen molar-refractivity contribution in [2.75, 3.05) is 14.1 Å². The molecule has 5 aliphatic rings. The van der Waals surface area contributed by atoms with E-state index in [1.165, 1.54) is 4.90 Å². The van der Waals surface area contributed by atoms with Gasteiger partial charge >= 0.3 is 0 Å². The van der Waals surface area contributed by atoms with E-state index in [1.54, 1.807) is 21.0 Å². The summed E-state index contributed by atoms with van der Waals surface area (Å²) >= 11 is 0. The zero-order chi connectivity index (χ0) is 27.6. The first-order chi connectivity index (χ1) is 17.7. The number of carbonyl (C=O) groups is 3. The van der Waals surface area contributed by atoms with Gasteiger partial charge < -0.3 is 26.2 Å². The second-order valence-corrected chi connectivity index (χ2v) is 11.8. The van der Waals surface area contributed by atoms with Crippen LogP contribution in [0.25, 0.3) is 0 Å². The number of aromatic hydroxyl groups is 1. The molecule has 38 heavy (non-hydrogen) atoms. The molecule has 1 amide bonds. The fraction of sp³-hybridized carbons (Fsp3) is 0.519. The van der Waals surface area contributed by atoms with Gasteiger partial charge in [-0.1, -0.05) is 6.92 Å². The molecule has 1 heterocycles. The highest BCUT2D eigenvalue weighted by molar-refractivity contribution is 6.25. The lowest BCUT2D eigenvalue weighted by atomic mass is 9.53. The van der Waals surface area contributed by atoms with Crippen molar-refractivity contribution in [1.82, 2.24) is 9.80 Å². The van der Waals surface area contributed by atoms with E-state index in [4.69, 9.17) is 5.73 Å². The number of hydrogen-bond donors (Lipinski definition) is 5. The van der Waals surface area contributed by atoms with E-state index in [-0.39, 0.29) is 35.3 Å². The maximum absolute atomic E-state index is 16.0. The monoisotopic (exact) mass is 527 g/mol. The molecule has 0 radical (unpaired) electrons. The SMILES string of the molecule is CN(C)[C@@H]1C(O)=C(C(N)=O)C(=O)[C@@]2(O)C(O)=C3C(=O)c4c(O)c5c(c(F)c4C[C@@]3(C)C[C@@H]12)CN(C1CC1)C5. The Labute approximate surface area is 217 Å². The molecule has 0 aromatic heterocycles. The van der Waals surface area contributed by atoms with Gasteiger partial charge in [0.1, 0.15) is 28.7 Å². The van der Waals surface area contributed by atoms with E-state index < -0.39 is 63.4 Å². The van der Waals surface area contributed by atoms with E-state index in [9.17, 15) is 34.8 Å². The van der Waals surface area contributed by atoms with Gasteiger partial charge in [-0.25, -0.2) is 4.39 Å². The van der Waals surface area contributed by atoms with Crippen LogP contribution in [0.15, 0.2) is 22.7 Å². The number of likely N-dealkylation sites (N-methyl/N-ethyl adjacent to an activating group) is 1. The maximum atomic E-state index is 16.0. The molecule has 0 bridgehead atoms. The predicted molar refractivity (Wildman–Crippen MR) is 131 cm³/mol. The molecule has 1 aromatic rings. The Kier molecular flexibility index (Phi) is 5.03. The summed E-state index contributed by atoms with van der Waals surface area (Å²) in [6.45, 7) is 2.26. The lowest BCUT2D eigenvalue weighted by Gasteiger charge is -2.53. The molecule has 0 spiro atoms. The smallest absolute Gasteiger partial charge is 0.255 e. The molecule has 1 saturated carbocycles. The van der Waals surface area contributed by atoms with Gasteiger partial charge in [0, 0.05) is 52.7 Å². The van der Waals surface area contributed by atoms with Gasteiger partial charge in [0.05, 0.1) is 11.6 Å². The Morgan fingerprint density at radius 2 is 1.74 bits per heavy atom. The van der Waals surface area contributed by atoms with Crippen LogP contribution in [-0.4, -0.2) is 79.5 Å². The minimum Gasteiger partial charge on any atom is -0.510 e. The highest BCUT2D eigenvalue weighted by atomic mass is 19.1. The van der Waals surface area contributed by atoms with Gasteiger partial charge in [0.15, 0.2) is 11.4 Å².